The lowest BCUT2D eigenvalue weighted by molar-refractivity contribution is -0.123. The summed E-state index contributed by atoms with van der Waals surface area (Å²) in [5.41, 5.74) is 0.426. The van der Waals surface area contributed by atoms with Crippen molar-refractivity contribution >= 4 is 15.7 Å². The van der Waals surface area contributed by atoms with E-state index in [1.165, 1.54) is 6.07 Å². The molecular formula is C17H17F2NO4S. The first-order chi connectivity index (χ1) is 11.7. The van der Waals surface area contributed by atoms with E-state index >= 15 is 0 Å². The zero-order valence-corrected chi connectivity index (χ0v) is 14.4. The fourth-order valence-electron chi connectivity index (χ4n) is 2.27. The van der Waals surface area contributed by atoms with Gasteiger partial charge in [0.15, 0.2) is 28.0 Å². The van der Waals surface area contributed by atoms with Crippen molar-refractivity contribution in [3.05, 3.63) is 59.7 Å². The van der Waals surface area contributed by atoms with E-state index in [4.69, 9.17) is 4.74 Å². The van der Waals surface area contributed by atoms with Gasteiger partial charge in [0.2, 0.25) is 0 Å². The summed E-state index contributed by atoms with van der Waals surface area (Å²) in [4.78, 5) is 12.1. The Hall–Kier alpha value is -2.48. The molecule has 0 heterocycles. The third-order valence-corrected chi connectivity index (χ3v) is 4.59. The van der Waals surface area contributed by atoms with Crippen molar-refractivity contribution in [1.82, 2.24) is 5.32 Å². The first kappa shape index (κ1) is 18.9. The predicted octanol–water partition coefficient (Wildman–Crippen LogP) is 2.62. The topological polar surface area (TPSA) is 72.5 Å². The lowest BCUT2D eigenvalue weighted by Crippen LogP contribution is -2.32. The van der Waals surface area contributed by atoms with Crippen LogP contribution in [0.4, 0.5) is 8.78 Å². The normalized spacial score (nSPS) is 12.5. The van der Waals surface area contributed by atoms with E-state index in [1.54, 1.807) is 25.1 Å². The highest BCUT2D eigenvalue weighted by atomic mass is 32.2. The average molecular weight is 369 g/mol. The van der Waals surface area contributed by atoms with Crippen molar-refractivity contribution in [3.63, 3.8) is 0 Å². The monoisotopic (exact) mass is 369 g/mol. The first-order valence-electron chi connectivity index (χ1n) is 7.34. The highest BCUT2D eigenvalue weighted by Crippen LogP contribution is 2.22. The van der Waals surface area contributed by atoms with E-state index < -0.39 is 40.0 Å². The average Bonchev–Trinajstić information content (AvgIpc) is 2.55. The molecular weight excluding hydrogens is 352 g/mol. The summed E-state index contributed by atoms with van der Waals surface area (Å²) in [6.07, 6.45) is 1.08. The van der Waals surface area contributed by atoms with Crippen LogP contribution in [-0.4, -0.2) is 27.2 Å². The number of nitrogens with one attached hydrogen (secondary N) is 1. The van der Waals surface area contributed by atoms with Crippen LogP contribution in [-0.2, 0) is 14.6 Å². The van der Waals surface area contributed by atoms with Crippen LogP contribution >= 0.6 is 0 Å². The Balaban J connectivity index is 2.05. The van der Waals surface area contributed by atoms with Crippen LogP contribution in [0.1, 0.15) is 18.5 Å². The second-order valence-electron chi connectivity index (χ2n) is 5.46. The second kappa shape index (κ2) is 7.60. The van der Waals surface area contributed by atoms with Crippen molar-refractivity contribution in [2.24, 2.45) is 0 Å². The number of carbonyl (C=O) groups is 1. The molecule has 0 saturated heterocycles. The molecule has 8 heteroatoms. The Bertz CT molecular complexity index is 884. The van der Waals surface area contributed by atoms with Gasteiger partial charge in [-0.15, -0.1) is 0 Å². The van der Waals surface area contributed by atoms with Crippen LogP contribution in [0.3, 0.4) is 0 Å². The molecule has 0 saturated carbocycles. The van der Waals surface area contributed by atoms with Crippen molar-refractivity contribution in [3.8, 4) is 5.75 Å². The molecule has 1 amide bonds. The number of benzene rings is 2. The smallest absolute Gasteiger partial charge is 0.258 e. The Morgan fingerprint density at radius 3 is 2.56 bits per heavy atom. The number of sulfone groups is 1. The van der Waals surface area contributed by atoms with E-state index in [2.05, 4.69) is 5.32 Å². The molecule has 2 rings (SSSR count). The Morgan fingerprint density at radius 1 is 1.20 bits per heavy atom. The van der Waals surface area contributed by atoms with Gasteiger partial charge in [0.25, 0.3) is 5.91 Å². The van der Waals surface area contributed by atoms with E-state index in [1.807, 2.05) is 0 Å². The summed E-state index contributed by atoms with van der Waals surface area (Å²) in [6.45, 7) is 1.08. The van der Waals surface area contributed by atoms with Gasteiger partial charge in [-0.05, 0) is 30.7 Å². The van der Waals surface area contributed by atoms with E-state index in [0.717, 1.165) is 24.5 Å². The molecule has 0 spiro atoms. The van der Waals surface area contributed by atoms with Crippen LogP contribution in [0.15, 0.2) is 47.4 Å². The summed E-state index contributed by atoms with van der Waals surface area (Å²) in [6, 6.07) is 8.35. The summed E-state index contributed by atoms with van der Waals surface area (Å²) in [5.74, 6) is -2.45. The van der Waals surface area contributed by atoms with Gasteiger partial charge >= 0.3 is 0 Å². The molecule has 1 atom stereocenters. The first-order valence-corrected chi connectivity index (χ1v) is 9.24. The van der Waals surface area contributed by atoms with Gasteiger partial charge in [0, 0.05) is 12.3 Å². The van der Waals surface area contributed by atoms with Crippen LogP contribution in [0.5, 0.6) is 5.75 Å². The zero-order valence-electron chi connectivity index (χ0n) is 13.6. The minimum absolute atomic E-state index is 0.111. The maximum atomic E-state index is 13.4. The SMILES string of the molecule is CC(NC(=O)COc1cc(F)ccc1F)c1ccccc1S(C)(=O)=O. The number of hydrogen-bond acceptors (Lipinski definition) is 4. The van der Waals surface area contributed by atoms with E-state index in [9.17, 15) is 22.0 Å². The number of halogens is 2. The number of hydrogen-bond donors (Lipinski definition) is 1. The number of rotatable bonds is 6. The van der Waals surface area contributed by atoms with Crippen LogP contribution in [0.25, 0.3) is 0 Å². The molecule has 2 aromatic carbocycles. The Labute approximate surface area is 144 Å². The molecule has 134 valence electrons. The summed E-state index contributed by atoms with van der Waals surface area (Å²) >= 11 is 0. The summed E-state index contributed by atoms with van der Waals surface area (Å²) in [5, 5.41) is 2.57. The van der Waals surface area contributed by atoms with Crippen molar-refractivity contribution in [2.45, 2.75) is 17.9 Å². The van der Waals surface area contributed by atoms with E-state index in [-0.39, 0.29) is 10.6 Å². The lowest BCUT2D eigenvalue weighted by Gasteiger charge is -2.17. The molecule has 0 aromatic heterocycles. The molecule has 1 N–H and O–H groups in total. The van der Waals surface area contributed by atoms with Gasteiger partial charge in [-0.2, -0.15) is 0 Å². The maximum Gasteiger partial charge on any atom is 0.258 e. The fourth-order valence-corrected chi connectivity index (χ4v) is 3.27. The molecule has 2 aromatic rings. The molecule has 0 aliphatic rings. The van der Waals surface area contributed by atoms with Gasteiger partial charge < -0.3 is 10.1 Å². The Kier molecular flexibility index (Phi) is 5.73. The number of amides is 1. The van der Waals surface area contributed by atoms with Crippen molar-refractivity contribution < 1.29 is 26.7 Å². The van der Waals surface area contributed by atoms with Gasteiger partial charge in [-0.3, -0.25) is 4.79 Å². The van der Waals surface area contributed by atoms with Crippen molar-refractivity contribution in [1.29, 1.82) is 0 Å². The third-order valence-electron chi connectivity index (χ3n) is 3.41. The maximum absolute atomic E-state index is 13.4. The van der Waals surface area contributed by atoms with Gasteiger partial charge in [0.05, 0.1) is 10.9 Å². The largest absolute Gasteiger partial charge is 0.481 e. The Morgan fingerprint density at radius 2 is 1.88 bits per heavy atom. The van der Waals surface area contributed by atoms with Gasteiger partial charge in [-0.25, -0.2) is 17.2 Å². The zero-order chi connectivity index (χ0) is 18.6. The highest BCUT2D eigenvalue weighted by molar-refractivity contribution is 7.90. The summed E-state index contributed by atoms with van der Waals surface area (Å²) in [7, 11) is -3.45. The molecule has 0 aliphatic heterocycles. The van der Waals surface area contributed by atoms with Crippen molar-refractivity contribution in [2.75, 3.05) is 12.9 Å². The van der Waals surface area contributed by atoms with Gasteiger partial charge in [-0.1, -0.05) is 18.2 Å². The molecule has 1 unspecified atom stereocenters. The summed E-state index contributed by atoms with van der Waals surface area (Å²) < 4.78 is 55.1. The standard InChI is InChI=1S/C17H17F2NO4S/c1-11(13-5-3-4-6-16(13)25(2,22)23)20-17(21)10-24-15-9-12(18)7-8-14(15)19/h3-9,11H,10H2,1-2H3,(H,20,21). The quantitative estimate of drug-likeness (QED) is 0.850. The minimum Gasteiger partial charge on any atom is -0.481 e. The number of ether oxygens (including phenoxy) is 1. The highest BCUT2D eigenvalue weighted by Gasteiger charge is 2.19. The molecule has 5 nitrogen and oxygen atoms in total. The third kappa shape index (κ3) is 4.99. The second-order valence-corrected chi connectivity index (χ2v) is 7.45. The fraction of sp³-hybridized carbons (Fsp3) is 0.235. The van der Waals surface area contributed by atoms with Crippen LogP contribution in [0.2, 0.25) is 0 Å². The van der Waals surface area contributed by atoms with E-state index in [0.29, 0.717) is 5.56 Å². The molecule has 25 heavy (non-hydrogen) atoms. The predicted molar refractivity (Wildman–Crippen MR) is 88.0 cm³/mol. The minimum atomic E-state index is -3.45. The number of carbonyl (C=O) groups excluding carboxylic acids is 1. The molecule has 0 radical (unpaired) electrons. The molecule has 0 bridgehead atoms. The lowest BCUT2D eigenvalue weighted by atomic mass is 10.1. The van der Waals surface area contributed by atoms with Crippen LogP contribution < -0.4 is 10.1 Å². The van der Waals surface area contributed by atoms with Crippen LogP contribution in [0, 0.1) is 11.6 Å². The van der Waals surface area contributed by atoms with Gasteiger partial charge in [0.1, 0.15) is 5.82 Å². The molecule has 0 fully saturated rings. The molecule has 0 aliphatic carbocycles.